The Bertz CT molecular complexity index is 569. The first kappa shape index (κ1) is 13.5. The van der Waals surface area contributed by atoms with Gasteiger partial charge in [-0.15, -0.1) is 11.3 Å². The molecular weight excluding hydrogens is 265 g/mol. The Morgan fingerprint density at radius 2 is 2.26 bits per heavy atom. The molecule has 0 radical (unpaired) electrons. The van der Waals surface area contributed by atoms with E-state index in [1.54, 1.807) is 11.3 Å². The average Bonchev–Trinajstić information content (AvgIpc) is 2.89. The van der Waals surface area contributed by atoms with Crippen LogP contribution in [-0.4, -0.2) is 11.0 Å². The van der Waals surface area contributed by atoms with Crippen LogP contribution in [0.1, 0.15) is 34.6 Å². The first-order valence-corrected chi connectivity index (χ1v) is 6.82. The van der Waals surface area contributed by atoms with E-state index in [0.717, 1.165) is 17.4 Å². The molecule has 0 saturated carbocycles. The Hall–Kier alpha value is -1.88. The van der Waals surface area contributed by atoms with Crippen LogP contribution in [0, 0.1) is 5.82 Å². The molecule has 0 aliphatic heterocycles. The number of hydrogen-bond acceptors (Lipinski definition) is 3. The molecule has 1 heterocycles. The number of carbonyl (C=O) groups is 1. The summed E-state index contributed by atoms with van der Waals surface area (Å²) in [5.41, 5.74) is -0.0622. The Morgan fingerprint density at radius 1 is 1.47 bits per heavy atom. The third kappa shape index (κ3) is 3.12. The molecule has 100 valence electrons. The van der Waals surface area contributed by atoms with Gasteiger partial charge in [-0.3, -0.25) is 4.79 Å². The second-order valence-corrected chi connectivity index (χ2v) is 5.09. The minimum Gasteiger partial charge on any atom is -0.508 e. The largest absolute Gasteiger partial charge is 0.508 e. The number of aromatic hydroxyl groups is 1. The van der Waals surface area contributed by atoms with E-state index in [9.17, 15) is 9.18 Å². The molecule has 0 aliphatic carbocycles. The minimum absolute atomic E-state index is 0.0622. The molecule has 1 atom stereocenters. The summed E-state index contributed by atoms with van der Waals surface area (Å²) >= 11 is 1.55. The van der Waals surface area contributed by atoms with E-state index < -0.39 is 11.7 Å². The Labute approximate surface area is 114 Å². The summed E-state index contributed by atoms with van der Waals surface area (Å²) in [6.45, 7) is 1.96. The number of phenols is 1. The molecule has 2 N–H and O–H groups in total. The second-order valence-electron chi connectivity index (χ2n) is 4.11. The summed E-state index contributed by atoms with van der Waals surface area (Å²) < 4.78 is 13.6. The molecular formula is C14H14FNO2S. The SMILES string of the molecule is CCC(NC(=O)c1ccc(O)cc1F)c1cccs1. The van der Waals surface area contributed by atoms with Crippen LogP contribution in [0.5, 0.6) is 5.75 Å². The minimum atomic E-state index is -0.724. The normalized spacial score (nSPS) is 12.1. The molecule has 2 rings (SSSR count). The quantitative estimate of drug-likeness (QED) is 0.900. The summed E-state index contributed by atoms with van der Waals surface area (Å²) in [4.78, 5) is 13.1. The van der Waals surface area contributed by atoms with Gasteiger partial charge in [-0.1, -0.05) is 13.0 Å². The lowest BCUT2D eigenvalue weighted by molar-refractivity contribution is 0.0932. The number of nitrogens with one attached hydrogen (secondary N) is 1. The highest BCUT2D eigenvalue weighted by molar-refractivity contribution is 7.10. The third-order valence-corrected chi connectivity index (χ3v) is 3.78. The van der Waals surface area contributed by atoms with Crippen molar-refractivity contribution in [1.29, 1.82) is 0 Å². The van der Waals surface area contributed by atoms with Crippen LogP contribution in [-0.2, 0) is 0 Å². The van der Waals surface area contributed by atoms with Gasteiger partial charge >= 0.3 is 0 Å². The standard InChI is InChI=1S/C14H14FNO2S/c1-2-12(13-4-3-7-19-13)16-14(18)10-6-5-9(17)8-11(10)15/h3-8,12,17H,2H2,1H3,(H,16,18). The number of rotatable bonds is 4. The monoisotopic (exact) mass is 279 g/mol. The maximum absolute atomic E-state index is 13.6. The van der Waals surface area contributed by atoms with E-state index >= 15 is 0 Å². The molecule has 19 heavy (non-hydrogen) atoms. The molecule has 0 bridgehead atoms. The lowest BCUT2D eigenvalue weighted by atomic mass is 10.1. The molecule has 1 unspecified atom stereocenters. The van der Waals surface area contributed by atoms with Gasteiger partial charge in [0.25, 0.3) is 5.91 Å². The molecule has 1 aromatic heterocycles. The van der Waals surface area contributed by atoms with Crippen LogP contribution in [0.15, 0.2) is 35.7 Å². The smallest absolute Gasteiger partial charge is 0.254 e. The number of benzene rings is 1. The molecule has 3 nitrogen and oxygen atoms in total. The van der Waals surface area contributed by atoms with Gasteiger partial charge in [-0.05, 0) is 30.0 Å². The van der Waals surface area contributed by atoms with Crippen LogP contribution in [0.3, 0.4) is 0 Å². The van der Waals surface area contributed by atoms with Crippen molar-refractivity contribution in [2.24, 2.45) is 0 Å². The van der Waals surface area contributed by atoms with Crippen molar-refractivity contribution >= 4 is 17.2 Å². The van der Waals surface area contributed by atoms with Gasteiger partial charge in [0, 0.05) is 10.9 Å². The number of carbonyl (C=O) groups excluding carboxylic acids is 1. The van der Waals surface area contributed by atoms with Crippen molar-refractivity contribution < 1.29 is 14.3 Å². The first-order chi connectivity index (χ1) is 9.11. The fourth-order valence-electron chi connectivity index (χ4n) is 1.79. The van der Waals surface area contributed by atoms with Gasteiger partial charge in [0.1, 0.15) is 11.6 Å². The fourth-order valence-corrected chi connectivity index (χ4v) is 2.65. The summed E-state index contributed by atoms with van der Waals surface area (Å²) in [5, 5.41) is 13.9. The zero-order valence-corrected chi connectivity index (χ0v) is 11.2. The van der Waals surface area contributed by atoms with Crippen molar-refractivity contribution in [2.75, 3.05) is 0 Å². The number of amides is 1. The van der Waals surface area contributed by atoms with E-state index in [4.69, 9.17) is 5.11 Å². The molecule has 5 heteroatoms. The number of halogens is 1. The molecule has 0 saturated heterocycles. The van der Waals surface area contributed by atoms with Crippen LogP contribution >= 0.6 is 11.3 Å². The van der Waals surface area contributed by atoms with Gasteiger partial charge < -0.3 is 10.4 Å². The fraction of sp³-hybridized carbons (Fsp3) is 0.214. The highest BCUT2D eigenvalue weighted by Gasteiger charge is 2.17. The van der Waals surface area contributed by atoms with Crippen molar-refractivity contribution in [3.8, 4) is 5.75 Å². The van der Waals surface area contributed by atoms with Gasteiger partial charge in [0.05, 0.1) is 11.6 Å². The Balaban J connectivity index is 2.16. The molecule has 1 amide bonds. The lowest BCUT2D eigenvalue weighted by Crippen LogP contribution is -2.28. The predicted octanol–water partition coefficient (Wildman–Crippen LogP) is 3.47. The number of hydrogen-bond donors (Lipinski definition) is 2. The molecule has 0 fully saturated rings. The van der Waals surface area contributed by atoms with Gasteiger partial charge in [-0.25, -0.2) is 4.39 Å². The maximum atomic E-state index is 13.6. The van der Waals surface area contributed by atoms with Crippen LogP contribution in [0.4, 0.5) is 4.39 Å². The Kier molecular flexibility index (Phi) is 4.16. The van der Waals surface area contributed by atoms with Gasteiger partial charge in [0.2, 0.25) is 0 Å². The summed E-state index contributed by atoms with van der Waals surface area (Å²) in [5.74, 6) is -1.39. The summed E-state index contributed by atoms with van der Waals surface area (Å²) in [7, 11) is 0. The molecule has 1 aromatic carbocycles. The third-order valence-electron chi connectivity index (χ3n) is 2.80. The zero-order valence-electron chi connectivity index (χ0n) is 10.4. The van der Waals surface area contributed by atoms with Crippen molar-refractivity contribution in [2.45, 2.75) is 19.4 Å². The number of phenolic OH excluding ortho intramolecular Hbond substituents is 1. The summed E-state index contributed by atoms with van der Waals surface area (Å²) in [6, 6.07) is 7.23. The number of thiophene rings is 1. The van der Waals surface area contributed by atoms with E-state index in [2.05, 4.69) is 5.32 Å². The summed E-state index contributed by atoms with van der Waals surface area (Å²) in [6.07, 6.45) is 0.728. The van der Waals surface area contributed by atoms with E-state index in [1.807, 2.05) is 24.4 Å². The van der Waals surface area contributed by atoms with E-state index in [1.165, 1.54) is 12.1 Å². The second kappa shape index (κ2) is 5.84. The Morgan fingerprint density at radius 3 is 2.84 bits per heavy atom. The van der Waals surface area contributed by atoms with Gasteiger partial charge in [0.15, 0.2) is 0 Å². The topological polar surface area (TPSA) is 49.3 Å². The molecule has 0 aliphatic rings. The van der Waals surface area contributed by atoms with Gasteiger partial charge in [-0.2, -0.15) is 0 Å². The van der Waals surface area contributed by atoms with Crippen LogP contribution in [0.25, 0.3) is 0 Å². The van der Waals surface area contributed by atoms with Crippen molar-refractivity contribution in [3.63, 3.8) is 0 Å². The van der Waals surface area contributed by atoms with Crippen molar-refractivity contribution in [1.82, 2.24) is 5.32 Å². The highest BCUT2D eigenvalue weighted by Crippen LogP contribution is 2.23. The highest BCUT2D eigenvalue weighted by atomic mass is 32.1. The van der Waals surface area contributed by atoms with Crippen LogP contribution in [0.2, 0.25) is 0 Å². The molecule has 0 spiro atoms. The average molecular weight is 279 g/mol. The maximum Gasteiger partial charge on any atom is 0.254 e. The zero-order chi connectivity index (χ0) is 13.8. The predicted molar refractivity (Wildman–Crippen MR) is 72.9 cm³/mol. The molecule has 2 aromatic rings. The first-order valence-electron chi connectivity index (χ1n) is 5.94. The van der Waals surface area contributed by atoms with E-state index in [0.29, 0.717) is 0 Å². The lowest BCUT2D eigenvalue weighted by Gasteiger charge is -2.15. The van der Waals surface area contributed by atoms with E-state index in [-0.39, 0.29) is 17.4 Å². The van der Waals surface area contributed by atoms with Crippen LogP contribution < -0.4 is 5.32 Å². The van der Waals surface area contributed by atoms with Crippen molar-refractivity contribution in [3.05, 3.63) is 52.0 Å².